The molecular weight excluding hydrogens is 408 g/mol. The molecule has 1 unspecified atom stereocenters. The van der Waals surface area contributed by atoms with E-state index in [1.165, 1.54) is 7.11 Å². The Bertz CT molecular complexity index is 923. The lowest BCUT2D eigenvalue weighted by atomic mass is 10.0. The van der Waals surface area contributed by atoms with Gasteiger partial charge < -0.3 is 14.4 Å². The molecule has 2 aromatic heterocycles. The molecular formula is C21H27ClN4O4. The van der Waals surface area contributed by atoms with Gasteiger partial charge in [-0.05, 0) is 45.7 Å². The summed E-state index contributed by atoms with van der Waals surface area (Å²) in [6.07, 6.45) is 2.71. The van der Waals surface area contributed by atoms with Crippen LogP contribution in [0.1, 0.15) is 45.3 Å². The van der Waals surface area contributed by atoms with Gasteiger partial charge in [-0.2, -0.15) is 0 Å². The Hall–Kier alpha value is -2.45. The average molecular weight is 435 g/mol. The first kappa shape index (κ1) is 22.2. The fraction of sp³-hybridized carbons (Fsp3) is 0.524. The zero-order chi connectivity index (χ0) is 21.9. The van der Waals surface area contributed by atoms with Crippen LogP contribution in [0, 0.1) is 0 Å². The van der Waals surface area contributed by atoms with Crippen LogP contribution >= 0.6 is 11.6 Å². The molecule has 8 nitrogen and oxygen atoms in total. The van der Waals surface area contributed by atoms with Gasteiger partial charge in [0.15, 0.2) is 0 Å². The van der Waals surface area contributed by atoms with Crippen molar-refractivity contribution in [3.63, 3.8) is 0 Å². The van der Waals surface area contributed by atoms with E-state index in [-0.39, 0.29) is 12.1 Å². The van der Waals surface area contributed by atoms with E-state index in [9.17, 15) is 9.59 Å². The fourth-order valence-electron chi connectivity index (χ4n) is 3.35. The summed E-state index contributed by atoms with van der Waals surface area (Å²) in [5.41, 5.74) is 0.677. The van der Waals surface area contributed by atoms with Crippen molar-refractivity contribution in [3.8, 4) is 0 Å². The summed E-state index contributed by atoms with van der Waals surface area (Å²) in [6.45, 7) is 6.64. The Morgan fingerprint density at radius 2 is 1.97 bits per heavy atom. The van der Waals surface area contributed by atoms with Gasteiger partial charge in [-0.15, -0.1) is 0 Å². The number of ether oxygens (including phenoxy) is 2. The molecule has 0 spiro atoms. The van der Waals surface area contributed by atoms with Gasteiger partial charge in [0.2, 0.25) is 0 Å². The van der Waals surface area contributed by atoms with Crippen LogP contribution in [0.25, 0.3) is 10.9 Å². The number of nitrogens with one attached hydrogen (secondary N) is 1. The second-order valence-corrected chi connectivity index (χ2v) is 8.69. The normalized spacial score (nSPS) is 16.4. The zero-order valence-electron chi connectivity index (χ0n) is 17.6. The number of likely N-dealkylation sites (tertiary alicyclic amines) is 1. The Morgan fingerprint density at radius 3 is 2.60 bits per heavy atom. The minimum atomic E-state index is -0.718. The third kappa shape index (κ3) is 5.58. The Kier molecular flexibility index (Phi) is 6.77. The van der Waals surface area contributed by atoms with Gasteiger partial charge in [0.1, 0.15) is 16.8 Å². The summed E-state index contributed by atoms with van der Waals surface area (Å²) in [5.74, 6) is -0.420. The second-order valence-electron chi connectivity index (χ2n) is 8.30. The Balaban J connectivity index is 1.69. The fourth-order valence-corrected chi connectivity index (χ4v) is 3.50. The minimum absolute atomic E-state index is 0.0336. The number of carbonyl (C=O) groups excluding carboxylic acids is 2. The highest BCUT2D eigenvalue weighted by Gasteiger charge is 2.31. The van der Waals surface area contributed by atoms with E-state index in [4.69, 9.17) is 21.1 Å². The van der Waals surface area contributed by atoms with Crippen LogP contribution in [0.5, 0.6) is 0 Å². The van der Waals surface area contributed by atoms with Crippen LogP contribution in [-0.2, 0) is 14.3 Å². The molecule has 0 aliphatic carbocycles. The monoisotopic (exact) mass is 434 g/mol. The molecule has 0 radical (unpaired) electrons. The molecule has 1 amide bonds. The second kappa shape index (κ2) is 9.14. The van der Waals surface area contributed by atoms with Crippen molar-refractivity contribution >= 4 is 34.6 Å². The standard InChI is InChI=1S/C21H27ClN4O4/c1-21(2,3)30-20(28)26-9-7-14(8-10-26)24-18(19(27)29-4)15-6-5-13-12-23-17(22)11-16(13)25-15/h5-6,11-12,14,18,24H,7-10H2,1-4H3. The van der Waals surface area contributed by atoms with Crippen molar-refractivity contribution in [3.05, 3.63) is 35.2 Å². The lowest BCUT2D eigenvalue weighted by molar-refractivity contribution is -0.143. The maximum Gasteiger partial charge on any atom is 0.410 e. The van der Waals surface area contributed by atoms with Gasteiger partial charge in [-0.1, -0.05) is 11.6 Å². The highest BCUT2D eigenvalue weighted by atomic mass is 35.5. The van der Waals surface area contributed by atoms with Crippen LogP contribution in [0.3, 0.4) is 0 Å². The van der Waals surface area contributed by atoms with Crippen LogP contribution in [0.15, 0.2) is 24.4 Å². The molecule has 3 rings (SSSR count). The van der Waals surface area contributed by atoms with Gasteiger partial charge in [0, 0.05) is 36.8 Å². The van der Waals surface area contributed by atoms with Crippen molar-refractivity contribution in [1.29, 1.82) is 0 Å². The number of esters is 1. The maximum atomic E-state index is 12.5. The molecule has 30 heavy (non-hydrogen) atoms. The average Bonchev–Trinajstić information content (AvgIpc) is 2.70. The number of halogens is 1. The highest BCUT2D eigenvalue weighted by molar-refractivity contribution is 6.29. The van der Waals surface area contributed by atoms with E-state index >= 15 is 0 Å². The van der Waals surface area contributed by atoms with Crippen molar-refractivity contribution in [1.82, 2.24) is 20.2 Å². The van der Waals surface area contributed by atoms with Crippen molar-refractivity contribution < 1.29 is 19.1 Å². The quantitative estimate of drug-likeness (QED) is 0.581. The number of hydrogen-bond acceptors (Lipinski definition) is 7. The number of hydrogen-bond donors (Lipinski definition) is 1. The van der Waals surface area contributed by atoms with Gasteiger partial charge in [-0.3, -0.25) is 10.3 Å². The minimum Gasteiger partial charge on any atom is -0.468 e. The van der Waals surface area contributed by atoms with E-state index in [2.05, 4.69) is 15.3 Å². The molecule has 162 valence electrons. The molecule has 1 aliphatic heterocycles. The number of rotatable bonds is 4. The van der Waals surface area contributed by atoms with E-state index in [1.54, 1.807) is 23.2 Å². The van der Waals surface area contributed by atoms with Gasteiger partial charge in [0.25, 0.3) is 0 Å². The number of piperidine rings is 1. The number of aromatic nitrogens is 2. The number of nitrogens with zero attached hydrogens (tertiary/aromatic N) is 3. The van der Waals surface area contributed by atoms with Crippen LogP contribution in [0.4, 0.5) is 4.79 Å². The van der Waals surface area contributed by atoms with Gasteiger partial charge >= 0.3 is 12.1 Å². The smallest absolute Gasteiger partial charge is 0.410 e. The third-order valence-corrected chi connectivity index (χ3v) is 5.05. The lowest BCUT2D eigenvalue weighted by Crippen LogP contribution is -2.48. The van der Waals surface area contributed by atoms with E-state index in [0.717, 1.165) is 5.39 Å². The first-order valence-electron chi connectivity index (χ1n) is 9.90. The lowest BCUT2D eigenvalue weighted by Gasteiger charge is -2.34. The molecule has 0 saturated carbocycles. The number of pyridine rings is 2. The molecule has 9 heteroatoms. The molecule has 1 saturated heterocycles. The molecule has 1 N–H and O–H groups in total. The number of methoxy groups -OCH3 is 1. The zero-order valence-corrected chi connectivity index (χ0v) is 18.4. The first-order chi connectivity index (χ1) is 14.2. The summed E-state index contributed by atoms with van der Waals surface area (Å²) < 4.78 is 10.4. The van der Waals surface area contributed by atoms with E-state index < -0.39 is 17.6 Å². The van der Waals surface area contributed by atoms with Gasteiger partial charge in [0.05, 0.1) is 18.3 Å². The van der Waals surface area contributed by atoms with Gasteiger partial charge in [-0.25, -0.2) is 14.6 Å². The summed E-state index contributed by atoms with van der Waals surface area (Å²) in [4.78, 5) is 35.0. The van der Waals surface area contributed by atoms with Crippen molar-refractivity contribution in [2.45, 2.75) is 51.3 Å². The Morgan fingerprint density at radius 1 is 1.27 bits per heavy atom. The summed E-state index contributed by atoms with van der Waals surface area (Å²) >= 11 is 5.97. The van der Waals surface area contributed by atoms with Crippen LogP contribution in [0.2, 0.25) is 5.15 Å². The number of fused-ring (bicyclic) bond motifs is 1. The summed E-state index contributed by atoms with van der Waals surface area (Å²) in [7, 11) is 1.35. The predicted molar refractivity (Wildman–Crippen MR) is 113 cm³/mol. The number of carbonyl (C=O) groups is 2. The third-order valence-electron chi connectivity index (χ3n) is 4.84. The van der Waals surface area contributed by atoms with E-state index in [1.807, 2.05) is 26.8 Å². The molecule has 0 bridgehead atoms. The Labute approximate surface area is 180 Å². The van der Waals surface area contributed by atoms with Crippen molar-refractivity contribution in [2.24, 2.45) is 0 Å². The molecule has 1 atom stereocenters. The topological polar surface area (TPSA) is 93.7 Å². The SMILES string of the molecule is COC(=O)C(NC1CCN(C(=O)OC(C)(C)C)CC1)c1ccc2cnc(Cl)cc2n1. The maximum absolute atomic E-state index is 12.5. The number of amides is 1. The van der Waals surface area contributed by atoms with Crippen LogP contribution < -0.4 is 5.32 Å². The molecule has 1 aliphatic rings. The predicted octanol–water partition coefficient (Wildman–Crippen LogP) is 3.49. The molecule has 0 aromatic carbocycles. The summed E-state index contributed by atoms with van der Waals surface area (Å²) in [6, 6.07) is 4.61. The molecule has 1 fully saturated rings. The highest BCUT2D eigenvalue weighted by Crippen LogP contribution is 2.22. The molecule has 3 heterocycles. The summed E-state index contributed by atoms with van der Waals surface area (Å²) in [5, 5.41) is 4.51. The largest absolute Gasteiger partial charge is 0.468 e. The van der Waals surface area contributed by atoms with Crippen LogP contribution in [-0.4, -0.2) is 58.8 Å². The molecule has 2 aromatic rings. The van der Waals surface area contributed by atoms with Crippen molar-refractivity contribution in [2.75, 3.05) is 20.2 Å². The van der Waals surface area contributed by atoms with E-state index in [0.29, 0.717) is 42.3 Å². The first-order valence-corrected chi connectivity index (χ1v) is 10.3.